The monoisotopic (exact) mass is 161 g/mol. The lowest BCUT2D eigenvalue weighted by Crippen LogP contribution is -2.54. The minimum absolute atomic E-state index is 0.000833. The molecule has 0 bridgehead atoms. The Labute approximate surface area is 65.4 Å². The molecular weight excluding hydrogens is 148 g/mol. The molecule has 0 radical (unpaired) electrons. The maximum atomic E-state index is 12.9. The van der Waals surface area contributed by atoms with Crippen molar-refractivity contribution in [3.05, 3.63) is 0 Å². The summed E-state index contributed by atoms with van der Waals surface area (Å²) in [5.74, 6) is -2.41. The number of fused-ring (bicyclic) bond motifs is 1. The molecule has 0 aromatic heterocycles. The van der Waals surface area contributed by atoms with E-state index in [2.05, 4.69) is 0 Å². The Kier molecular flexibility index (Phi) is 1.32. The van der Waals surface area contributed by atoms with Crippen molar-refractivity contribution in [1.29, 1.82) is 0 Å². The standard InChI is InChI=1S/C8H13F2N/c1-2-7-3-4-11(7)6-8(9,10)5-7/h2-6H2,1H3. The molecule has 1 atom stereocenters. The van der Waals surface area contributed by atoms with Gasteiger partial charge in [-0.05, 0) is 12.8 Å². The fourth-order valence-electron chi connectivity index (χ4n) is 2.38. The van der Waals surface area contributed by atoms with Gasteiger partial charge in [0.05, 0.1) is 6.54 Å². The first-order chi connectivity index (χ1) is 5.08. The second-order valence-electron chi connectivity index (χ2n) is 3.78. The van der Waals surface area contributed by atoms with Gasteiger partial charge in [-0.15, -0.1) is 0 Å². The fourth-order valence-corrected chi connectivity index (χ4v) is 2.38. The maximum absolute atomic E-state index is 12.9. The van der Waals surface area contributed by atoms with E-state index < -0.39 is 5.92 Å². The van der Waals surface area contributed by atoms with Gasteiger partial charge in [-0.3, -0.25) is 4.90 Å². The van der Waals surface area contributed by atoms with E-state index in [-0.39, 0.29) is 18.5 Å². The molecule has 0 aromatic carbocycles. The molecule has 2 fully saturated rings. The molecule has 2 heterocycles. The summed E-state index contributed by atoms with van der Waals surface area (Å²) in [6, 6.07) is 0. The summed E-state index contributed by atoms with van der Waals surface area (Å²) in [6.45, 7) is 2.89. The number of rotatable bonds is 1. The molecule has 64 valence electrons. The molecule has 0 spiro atoms. The van der Waals surface area contributed by atoms with Gasteiger partial charge >= 0.3 is 0 Å². The number of halogens is 2. The molecule has 0 saturated carbocycles. The zero-order valence-electron chi connectivity index (χ0n) is 6.74. The van der Waals surface area contributed by atoms with E-state index in [1.54, 1.807) is 0 Å². The lowest BCUT2D eigenvalue weighted by atomic mass is 9.82. The summed E-state index contributed by atoms with van der Waals surface area (Å²) < 4.78 is 25.8. The highest BCUT2D eigenvalue weighted by molar-refractivity contribution is 5.08. The van der Waals surface area contributed by atoms with Crippen LogP contribution in [0.1, 0.15) is 26.2 Å². The topological polar surface area (TPSA) is 3.24 Å². The first-order valence-electron chi connectivity index (χ1n) is 4.21. The molecule has 3 heteroatoms. The second-order valence-corrected chi connectivity index (χ2v) is 3.78. The van der Waals surface area contributed by atoms with Gasteiger partial charge in [0, 0.05) is 18.5 Å². The summed E-state index contributed by atoms with van der Waals surface area (Å²) in [6.07, 6.45) is 1.94. The van der Waals surface area contributed by atoms with Crippen molar-refractivity contribution in [1.82, 2.24) is 4.90 Å². The number of nitrogens with zero attached hydrogens (tertiary/aromatic N) is 1. The van der Waals surface area contributed by atoms with E-state index in [0.29, 0.717) is 0 Å². The Morgan fingerprint density at radius 2 is 2.18 bits per heavy atom. The van der Waals surface area contributed by atoms with Crippen molar-refractivity contribution in [2.75, 3.05) is 13.1 Å². The summed E-state index contributed by atoms with van der Waals surface area (Å²) in [5, 5.41) is 0. The summed E-state index contributed by atoms with van der Waals surface area (Å²) >= 11 is 0. The van der Waals surface area contributed by atoms with Gasteiger partial charge in [0.15, 0.2) is 0 Å². The van der Waals surface area contributed by atoms with E-state index in [4.69, 9.17) is 0 Å². The molecule has 0 amide bonds. The van der Waals surface area contributed by atoms with Crippen molar-refractivity contribution in [3.63, 3.8) is 0 Å². The van der Waals surface area contributed by atoms with Crippen molar-refractivity contribution >= 4 is 0 Å². The number of hydrogen-bond acceptors (Lipinski definition) is 1. The highest BCUT2D eigenvalue weighted by Gasteiger charge is 2.58. The maximum Gasteiger partial charge on any atom is 0.262 e. The third-order valence-corrected chi connectivity index (χ3v) is 3.19. The van der Waals surface area contributed by atoms with Crippen LogP contribution >= 0.6 is 0 Å². The summed E-state index contributed by atoms with van der Waals surface area (Å²) in [4.78, 5) is 1.94. The highest BCUT2D eigenvalue weighted by atomic mass is 19.3. The van der Waals surface area contributed by atoms with E-state index in [1.807, 2.05) is 11.8 Å². The summed E-state index contributed by atoms with van der Waals surface area (Å²) in [7, 11) is 0. The van der Waals surface area contributed by atoms with Crippen LogP contribution in [0, 0.1) is 0 Å². The number of alkyl halides is 2. The van der Waals surface area contributed by atoms with Crippen LogP contribution in [0.5, 0.6) is 0 Å². The van der Waals surface area contributed by atoms with Gasteiger partial charge in [0.25, 0.3) is 5.92 Å². The first kappa shape index (κ1) is 7.47. The van der Waals surface area contributed by atoms with Crippen LogP contribution in [0.4, 0.5) is 8.78 Å². The van der Waals surface area contributed by atoms with Crippen LogP contribution in [0.2, 0.25) is 0 Å². The lowest BCUT2D eigenvalue weighted by molar-refractivity contribution is 0.0123. The quantitative estimate of drug-likeness (QED) is 0.567. The highest BCUT2D eigenvalue weighted by Crippen LogP contribution is 2.48. The molecule has 2 saturated heterocycles. The fraction of sp³-hybridized carbons (Fsp3) is 1.00. The minimum Gasteiger partial charge on any atom is -0.291 e. The van der Waals surface area contributed by atoms with E-state index in [0.717, 1.165) is 19.4 Å². The van der Waals surface area contributed by atoms with Crippen LogP contribution in [0.15, 0.2) is 0 Å². The molecule has 11 heavy (non-hydrogen) atoms. The zero-order chi connectivity index (χ0) is 8.11. The molecule has 0 aromatic rings. The molecule has 1 unspecified atom stereocenters. The van der Waals surface area contributed by atoms with E-state index in [9.17, 15) is 8.78 Å². The molecule has 2 aliphatic rings. The van der Waals surface area contributed by atoms with Gasteiger partial charge < -0.3 is 0 Å². The van der Waals surface area contributed by atoms with Crippen molar-refractivity contribution in [2.24, 2.45) is 0 Å². The summed E-state index contributed by atoms with van der Waals surface area (Å²) in [5.41, 5.74) is -0.108. The van der Waals surface area contributed by atoms with Crippen molar-refractivity contribution < 1.29 is 8.78 Å². The van der Waals surface area contributed by atoms with Gasteiger partial charge in [-0.25, -0.2) is 8.78 Å². The lowest BCUT2D eigenvalue weighted by Gasteiger charge is -2.47. The third-order valence-electron chi connectivity index (χ3n) is 3.19. The SMILES string of the molecule is CCC12CCN1CC(F)(F)C2. The Hall–Kier alpha value is -0.180. The molecule has 2 aliphatic heterocycles. The van der Waals surface area contributed by atoms with Crippen LogP contribution < -0.4 is 0 Å². The Morgan fingerprint density at radius 3 is 2.45 bits per heavy atom. The van der Waals surface area contributed by atoms with Gasteiger partial charge in [0.1, 0.15) is 0 Å². The Bertz CT molecular complexity index is 177. The van der Waals surface area contributed by atoms with Crippen LogP contribution in [-0.2, 0) is 0 Å². The van der Waals surface area contributed by atoms with Crippen LogP contribution in [-0.4, -0.2) is 29.5 Å². The van der Waals surface area contributed by atoms with Crippen LogP contribution in [0.3, 0.4) is 0 Å². The van der Waals surface area contributed by atoms with Crippen molar-refractivity contribution in [2.45, 2.75) is 37.6 Å². The average molecular weight is 161 g/mol. The van der Waals surface area contributed by atoms with E-state index >= 15 is 0 Å². The Balaban J connectivity index is 2.15. The molecular formula is C8H13F2N. The molecule has 0 aliphatic carbocycles. The van der Waals surface area contributed by atoms with Gasteiger partial charge in [-0.1, -0.05) is 6.92 Å². The zero-order valence-corrected chi connectivity index (χ0v) is 6.74. The normalized spacial score (nSPS) is 41.7. The smallest absolute Gasteiger partial charge is 0.262 e. The minimum atomic E-state index is -2.41. The van der Waals surface area contributed by atoms with E-state index in [1.165, 1.54) is 0 Å². The largest absolute Gasteiger partial charge is 0.291 e. The Morgan fingerprint density at radius 1 is 1.45 bits per heavy atom. The number of hydrogen-bond donors (Lipinski definition) is 0. The molecule has 2 rings (SSSR count). The predicted octanol–water partition coefficient (Wildman–Crippen LogP) is 1.88. The average Bonchev–Trinajstić information content (AvgIpc) is 2.09. The van der Waals surface area contributed by atoms with Gasteiger partial charge in [-0.2, -0.15) is 0 Å². The molecule has 1 nitrogen and oxygen atoms in total. The first-order valence-corrected chi connectivity index (χ1v) is 4.21. The molecule has 0 N–H and O–H groups in total. The van der Waals surface area contributed by atoms with Crippen LogP contribution in [0.25, 0.3) is 0 Å². The van der Waals surface area contributed by atoms with Crippen molar-refractivity contribution in [3.8, 4) is 0 Å². The second kappa shape index (κ2) is 1.94. The third kappa shape index (κ3) is 0.901. The predicted molar refractivity (Wildman–Crippen MR) is 38.8 cm³/mol. The van der Waals surface area contributed by atoms with Gasteiger partial charge in [0.2, 0.25) is 0 Å².